The largest absolute Gasteiger partial charge is 0.478 e. The van der Waals surface area contributed by atoms with Gasteiger partial charge in [0, 0.05) is 11.6 Å². The molecule has 0 saturated heterocycles. The standard InChI is InChI=1S/C18H19ClN2O5/c1-9(2)16(22)21-11-4-5-15(19)14(6-11)17(23)20-8-12-7-13(18(24)25)10(3)26-12/h4-7,9H,8H2,1-3H3,(H,20,23)(H,21,22)(H,24,25). The number of furan rings is 1. The van der Waals surface area contributed by atoms with Gasteiger partial charge in [-0.15, -0.1) is 0 Å². The zero-order chi connectivity index (χ0) is 19.4. The van der Waals surface area contributed by atoms with Crippen molar-refractivity contribution in [2.24, 2.45) is 5.92 Å². The molecule has 2 aromatic rings. The minimum atomic E-state index is -1.10. The average Bonchev–Trinajstić information content (AvgIpc) is 2.95. The van der Waals surface area contributed by atoms with Crippen molar-refractivity contribution in [1.29, 1.82) is 0 Å². The summed E-state index contributed by atoms with van der Waals surface area (Å²) in [5.41, 5.74) is 0.695. The van der Waals surface area contributed by atoms with Gasteiger partial charge in [0.2, 0.25) is 5.91 Å². The Hall–Kier alpha value is -2.80. The molecule has 0 spiro atoms. The third-order valence-corrected chi connectivity index (χ3v) is 3.95. The lowest BCUT2D eigenvalue weighted by atomic mass is 10.1. The number of anilines is 1. The fourth-order valence-corrected chi connectivity index (χ4v) is 2.37. The fourth-order valence-electron chi connectivity index (χ4n) is 2.17. The lowest BCUT2D eigenvalue weighted by Gasteiger charge is -2.11. The number of carboxylic acids is 1. The molecule has 0 unspecified atom stereocenters. The minimum absolute atomic E-state index is 0.00582. The third-order valence-electron chi connectivity index (χ3n) is 3.63. The predicted molar refractivity (Wildman–Crippen MR) is 96.5 cm³/mol. The molecule has 1 aromatic heterocycles. The molecule has 1 aromatic carbocycles. The van der Waals surface area contributed by atoms with Gasteiger partial charge in [0.25, 0.3) is 5.91 Å². The van der Waals surface area contributed by atoms with Gasteiger partial charge in [-0.25, -0.2) is 4.79 Å². The van der Waals surface area contributed by atoms with Crippen molar-refractivity contribution in [2.45, 2.75) is 27.3 Å². The Kier molecular flexibility index (Phi) is 6.05. The van der Waals surface area contributed by atoms with E-state index in [0.29, 0.717) is 11.4 Å². The summed E-state index contributed by atoms with van der Waals surface area (Å²) in [6, 6.07) is 5.97. The fraction of sp³-hybridized carbons (Fsp3) is 0.278. The molecule has 26 heavy (non-hydrogen) atoms. The summed E-state index contributed by atoms with van der Waals surface area (Å²) in [5, 5.41) is 14.6. The third kappa shape index (κ3) is 4.64. The lowest BCUT2D eigenvalue weighted by molar-refractivity contribution is -0.118. The molecular weight excluding hydrogens is 360 g/mol. The van der Waals surface area contributed by atoms with Crippen LogP contribution in [0.4, 0.5) is 5.69 Å². The SMILES string of the molecule is Cc1oc(CNC(=O)c2cc(NC(=O)C(C)C)ccc2Cl)cc1C(=O)O. The maximum atomic E-state index is 12.4. The summed E-state index contributed by atoms with van der Waals surface area (Å²) in [5.74, 6) is -1.37. The molecule has 1 heterocycles. The Morgan fingerprint density at radius 1 is 1.19 bits per heavy atom. The van der Waals surface area contributed by atoms with Gasteiger partial charge in [-0.1, -0.05) is 25.4 Å². The summed E-state index contributed by atoms with van der Waals surface area (Å²) in [4.78, 5) is 35.2. The summed E-state index contributed by atoms with van der Waals surface area (Å²) in [6.45, 7) is 5.06. The number of halogens is 1. The second-order valence-corrected chi connectivity index (χ2v) is 6.42. The number of carboxylic acid groups (broad SMARTS) is 1. The van der Waals surface area contributed by atoms with Crippen molar-refractivity contribution in [3.63, 3.8) is 0 Å². The molecule has 0 aliphatic carbocycles. The molecule has 7 nitrogen and oxygen atoms in total. The van der Waals surface area contributed by atoms with Crippen molar-refractivity contribution >= 4 is 35.1 Å². The Morgan fingerprint density at radius 3 is 2.46 bits per heavy atom. The first kappa shape index (κ1) is 19.5. The van der Waals surface area contributed by atoms with E-state index in [0.717, 1.165) is 0 Å². The molecule has 0 fully saturated rings. The Bertz CT molecular complexity index is 857. The van der Waals surface area contributed by atoms with E-state index < -0.39 is 11.9 Å². The second-order valence-electron chi connectivity index (χ2n) is 6.01. The first-order valence-corrected chi connectivity index (χ1v) is 8.28. The maximum absolute atomic E-state index is 12.4. The molecule has 0 aliphatic rings. The second kappa shape index (κ2) is 8.05. The molecule has 0 atom stereocenters. The van der Waals surface area contributed by atoms with E-state index in [1.807, 2.05) is 0 Å². The summed E-state index contributed by atoms with van der Waals surface area (Å²) in [6.07, 6.45) is 0. The van der Waals surface area contributed by atoms with Crippen LogP contribution >= 0.6 is 11.6 Å². The van der Waals surface area contributed by atoms with Crippen LogP contribution in [0.25, 0.3) is 0 Å². The number of aryl methyl sites for hydroxylation is 1. The molecular formula is C18H19ClN2O5. The highest BCUT2D eigenvalue weighted by atomic mass is 35.5. The molecule has 138 valence electrons. The van der Waals surface area contributed by atoms with Crippen LogP contribution in [0.3, 0.4) is 0 Å². The van der Waals surface area contributed by atoms with Crippen molar-refractivity contribution in [3.05, 3.63) is 51.9 Å². The number of rotatable bonds is 6. The topological polar surface area (TPSA) is 109 Å². The van der Waals surface area contributed by atoms with E-state index in [1.165, 1.54) is 25.1 Å². The molecule has 8 heteroatoms. The van der Waals surface area contributed by atoms with Crippen LogP contribution in [0.2, 0.25) is 5.02 Å². The average molecular weight is 379 g/mol. The molecule has 0 bridgehead atoms. The lowest BCUT2D eigenvalue weighted by Crippen LogP contribution is -2.23. The van der Waals surface area contributed by atoms with E-state index >= 15 is 0 Å². The van der Waals surface area contributed by atoms with Crippen LogP contribution in [0.5, 0.6) is 0 Å². The minimum Gasteiger partial charge on any atom is -0.478 e. The van der Waals surface area contributed by atoms with E-state index in [-0.39, 0.29) is 40.3 Å². The van der Waals surface area contributed by atoms with E-state index in [2.05, 4.69) is 10.6 Å². The number of carbonyl (C=O) groups excluding carboxylic acids is 2. The van der Waals surface area contributed by atoms with Crippen LogP contribution in [0.15, 0.2) is 28.7 Å². The zero-order valence-corrected chi connectivity index (χ0v) is 15.3. The van der Waals surface area contributed by atoms with Gasteiger partial charge < -0.3 is 20.2 Å². The van der Waals surface area contributed by atoms with Gasteiger partial charge in [0.05, 0.1) is 17.1 Å². The van der Waals surface area contributed by atoms with Gasteiger partial charge >= 0.3 is 5.97 Å². The number of hydrogen-bond acceptors (Lipinski definition) is 4. The van der Waals surface area contributed by atoms with Crippen LogP contribution in [-0.4, -0.2) is 22.9 Å². The highest BCUT2D eigenvalue weighted by Gasteiger charge is 2.16. The number of aromatic carboxylic acids is 1. The number of nitrogens with one attached hydrogen (secondary N) is 2. The Balaban J connectivity index is 2.10. The van der Waals surface area contributed by atoms with Crippen molar-refractivity contribution in [3.8, 4) is 0 Å². The highest BCUT2D eigenvalue weighted by Crippen LogP contribution is 2.21. The Labute approximate surface area is 155 Å². The van der Waals surface area contributed by atoms with Gasteiger partial charge in [-0.2, -0.15) is 0 Å². The quantitative estimate of drug-likeness (QED) is 0.713. The van der Waals surface area contributed by atoms with Crippen LogP contribution in [0, 0.1) is 12.8 Å². The highest BCUT2D eigenvalue weighted by molar-refractivity contribution is 6.34. The van der Waals surface area contributed by atoms with Gasteiger partial charge in [-0.05, 0) is 31.2 Å². The Morgan fingerprint density at radius 2 is 1.88 bits per heavy atom. The van der Waals surface area contributed by atoms with Crippen molar-refractivity contribution in [2.75, 3.05) is 5.32 Å². The van der Waals surface area contributed by atoms with E-state index in [4.69, 9.17) is 21.1 Å². The number of carbonyl (C=O) groups is 3. The zero-order valence-electron chi connectivity index (χ0n) is 14.6. The first-order valence-electron chi connectivity index (χ1n) is 7.90. The molecule has 2 amide bonds. The molecule has 2 rings (SSSR count). The number of benzene rings is 1. The van der Waals surface area contributed by atoms with Gasteiger partial charge in [-0.3, -0.25) is 9.59 Å². The molecule has 0 aliphatic heterocycles. The van der Waals surface area contributed by atoms with E-state index in [9.17, 15) is 14.4 Å². The normalized spacial score (nSPS) is 10.7. The summed E-state index contributed by atoms with van der Waals surface area (Å²) in [7, 11) is 0. The van der Waals surface area contributed by atoms with Crippen molar-refractivity contribution in [1.82, 2.24) is 5.32 Å². The molecule has 0 radical (unpaired) electrons. The smallest absolute Gasteiger partial charge is 0.339 e. The molecule has 3 N–H and O–H groups in total. The van der Waals surface area contributed by atoms with Crippen LogP contribution in [0.1, 0.15) is 46.1 Å². The van der Waals surface area contributed by atoms with E-state index in [1.54, 1.807) is 19.9 Å². The van der Waals surface area contributed by atoms with Gasteiger partial charge in [0.1, 0.15) is 17.1 Å². The van der Waals surface area contributed by atoms with Crippen LogP contribution in [-0.2, 0) is 11.3 Å². The van der Waals surface area contributed by atoms with Gasteiger partial charge in [0.15, 0.2) is 0 Å². The number of amides is 2. The van der Waals surface area contributed by atoms with Crippen molar-refractivity contribution < 1.29 is 23.9 Å². The summed E-state index contributed by atoms with van der Waals surface area (Å²) < 4.78 is 5.31. The predicted octanol–water partition coefficient (Wildman–Crippen LogP) is 3.46. The monoisotopic (exact) mass is 378 g/mol. The summed E-state index contributed by atoms with van der Waals surface area (Å²) >= 11 is 6.07. The van der Waals surface area contributed by atoms with Crippen LogP contribution < -0.4 is 10.6 Å². The first-order chi connectivity index (χ1) is 12.2. The number of hydrogen-bond donors (Lipinski definition) is 3. The maximum Gasteiger partial charge on any atom is 0.339 e. The molecule has 0 saturated carbocycles.